The van der Waals surface area contributed by atoms with Crippen LogP contribution in [0.4, 0.5) is 0 Å². The van der Waals surface area contributed by atoms with Crippen LogP contribution in [0.25, 0.3) is 112 Å². The van der Waals surface area contributed by atoms with Crippen molar-refractivity contribution in [1.82, 2.24) is 19.9 Å². The van der Waals surface area contributed by atoms with E-state index in [0.717, 1.165) is 83.4 Å². The van der Waals surface area contributed by atoms with E-state index in [1.165, 1.54) is 10.8 Å². The highest BCUT2D eigenvalue weighted by atomic mass is 15.0. The van der Waals surface area contributed by atoms with Gasteiger partial charge in [-0.1, -0.05) is 206 Å². The van der Waals surface area contributed by atoms with Crippen molar-refractivity contribution in [2.75, 3.05) is 0 Å². The van der Waals surface area contributed by atoms with Crippen LogP contribution >= 0.6 is 0 Å². The zero-order chi connectivity index (χ0) is 41.2. The molecule has 0 unspecified atom stereocenters. The average Bonchev–Trinajstić information content (AvgIpc) is 3.37. The minimum atomic E-state index is 0.619. The highest BCUT2D eigenvalue weighted by Crippen LogP contribution is 2.38. The first-order valence-electron chi connectivity index (χ1n) is 20.9. The first-order chi connectivity index (χ1) is 30.7. The molecule has 2 heterocycles. The Bertz CT molecular complexity index is 3260. The zero-order valence-electron chi connectivity index (χ0n) is 33.7. The topological polar surface area (TPSA) is 51.6 Å². The van der Waals surface area contributed by atoms with Crippen LogP contribution in [0, 0.1) is 0 Å². The van der Waals surface area contributed by atoms with Crippen molar-refractivity contribution in [2.45, 2.75) is 0 Å². The average molecular weight is 791 g/mol. The molecule has 0 aliphatic carbocycles. The normalized spacial score (nSPS) is 11.2. The highest BCUT2D eigenvalue weighted by Gasteiger charge is 2.16. The summed E-state index contributed by atoms with van der Waals surface area (Å²) in [4.78, 5) is 20.5. The first-order valence-corrected chi connectivity index (χ1v) is 20.9. The summed E-state index contributed by atoms with van der Waals surface area (Å²) >= 11 is 0. The molecule has 62 heavy (non-hydrogen) atoms. The fourth-order valence-corrected chi connectivity index (χ4v) is 8.35. The molecule has 0 bridgehead atoms. The lowest BCUT2D eigenvalue weighted by molar-refractivity contribution is 1.07. The maximum Gasteiger partial charge on any atom is 0.164 e. The van der Waals surface area contributed by atoms with Gasteiger partial charge in [-0.25, -0.2) is 19.9 Å². The Morgan fingerprint density at radius 2 is 0.661 bits per heavy atom. The van der Waals surface area contributed by atoms with Gasteiger partial charge in [0.1, 0.15) is 0 Å². The zero-order valence-corrected chi connectivity index (χ0v) is 33.7. The molecular weight excluding hydrogens is 753 g/mol. The summed E-state index contributed by atoms with van der Waals surface area (Å²) in [6.07, 6.45) is 0. The molecule has 4 heteroatoms. The third-order valence-electron chi connectivity index (χ3n) is 11.5. The van der Waals surface area contributed by atoms with E-state index in [9.17, 15) is 0 Å². The van der Waals surface area contributed by atoms with Crippen LogP contribution < -0.4 is 0 Å². The van der Waals surface area contributed by atoms with Crippen molar-refractivity contribution in [3.8, 4) is 89.9 Å². The molecule has 0 radical (unpaired) electrons. The standard InChI is InChI=1S/C58H38N4/c1-4-14-39(15-5-1)47-21-12-23-49(36-47)57-60-56(61-58(62-57)50-24-13-22-48(37-50)40-16-6-2-7-17-40)46-32-28-42(29-33-46)41-26-30-44(31-27-41)52-38-54(45-19-8-3-9-20-45)59-53-35-34-43-18-10-11-25-51(43)55(52)53/h1-38H. The highest BCUT2D eigenvalue weighted by molar-refractivity contribution is 6.13. The third-order valence-corrected chi connectivity index (χ3v) is 11.5. The molecule has 0 N–H and O–H groups in total. The van der Waals surface area contributed by atoms with Crippen LogP contribution in [0.15, 0.2) is 231 Å². The number of benzene rings is 9. The Balaban J connectivity index is 0.965. The van der Waals surface area contributed by atoms with E-state index in [1.807, 2.05) is 18.2 Å². The van der Waals surface area contributed by atoms with Gasteiger partial charge in [-0.05, 0) is 79.5 Å². The molecule has 0 fully saturated rings. The molecule has 11 aromatic rings. The van der Waals surface area contributed by atoms with Crippen molar-refractivity contribution in [3.05, 3.63) is 231 Å². The van der Waals surface area contributed by atoms with Gasteiger partial charge in [-0.15, -0.1) is 0 Å². The number of hydrogen-bond acceptors (Lipinski definition) is 4. The van der Waals surface area contributed by atoms with Crippen LogP contribution in [0.2, 0.25) is 0 Å². The molecule has 2 aromatic heterocycles. The van der Waals surface area contributed by atoms with E-state index in [4.69, 9.17) is 19.9 Å². The molecule has 0 atom stereocenters. The largest absolute Gasteiger partial charge is 0.248 e. The van der Waals surface area contributed by atoms with Crippen molar-refractivity contribution >= 4 is 21.7 Å². The second kappa shape index (κ2) is 16.0. The lowest BCUT2D eigenvalue weighted by Crippen LogP contribution is -2.00. The molecule has 0 amide bonds. The van der Waals surface area contributed by atoms with Gasteiger partial charge in [0, 0.05) is 27.6 Å². The predicted octanol–water partition coefficient (Wildman–Crippen LogP) is 14.9. The van der Waals surface area contributed by atoms with Crippen LogP contribution in [-0.4, -0.2) is 19.9 Å². The molecule has 0 saturated heterocycles. The monoisotopic (exact) mass is 790 g/mol. The van der Waals surface area contributed by atoms with Gasteiger partial charge in [-0.2, -0.15) is 0 Å². The third kappa shape index (κ3) is 7.20. The van der Waals surface area contributed by atoms with E-state index < -0.39 is 0 Å². The molecule has 0 saturated carbocycles. The van der Waals surface area contributed by atoms with E-state index >= 15 is 0 Å². The second-order valence-corrected chi connectivity index (χ2v) is 15.5. The lowest BCUT2D eigenvalue weighted by atomic mass is 9.93. The van der Waals surface area contributed by atoms with Gasteiger partial charge in [0.25, 0.3) is 0 Å². The molecule has 0 aliphatic rings. The number of aromatic nitrogens is 4. The second-order valence-electron chi connectivity index (χ2n) is 15.5. The van der Waals surface area contributed by atoms with Gasteiger partial charge in [0.15, 0.2) is 17.5 Å². The lowest BCUT2D eigenvalue weighted by Gasteiger charge is -2.14. The van der Waals surface area contributed by atoms with Gasteiger partial charge < -0.3 is 0 Å². The van der Waals surface area contributed by atoms with Crippen LogP contribution in [0.3, 0.4) is 0 Å². The number of hydrogen-bond donors (Lipinski definition) is 0. The SMILES string of the molecule is c1ccc(-c2cccc(-c3nc(-c4ccc(-c5ccc(-c6cc(-c7ccccc7)nc7ccc8ccccc8c67)cc5)cc4)nc(-c4cccc(-c5ccccc5)c4)n3)c2)cc1. The number of rotatable bonds is 8. The van der Waals surface area contributed by atoms with Gasteiger partial charge >= 0.3 is 0 Å². The van der Waals surface area contributed by atoms with Gasteiger partial charge in [-0.3, -0.25) is 0 Å². The van der Waals surface area contributed by atoms with Gasteiger partial charge in [0.05, 0.1) is 11.2 Å². The maximum atomic E-state index is 5.14. The summed E-state index contributed by atoms with van der Waals surface area (Å²) in [7, 11) is 0. The number of fused-ring (bicyclic) bond motifs is 3. The first kappa shape index (κ1) is 36.7. The quantitative estimate of drug-likeness (QED) is 0.144. The summed E-state index contributed by atoms with van der Waals surface area (Å²) in [5, 5.41) is 3.56. The Hall–Kier alpha value is -8.34. The van der Waals surface area contributed by atoms with E-state index in [-0.39, 0.29) is 0 Å². The molecule has 290 valence electrons. The fourth-order valence-electron chi connectivity index (χ4n) is 8.35. The van der Waals surface area contributed by atoms with Crippen molar-refractivity contribution in [1.29, 1.82) is 0 Å². The van der Waals surface area contributed by atoms with Crippen LogP contribution in [-0.2, 0) is 0 Å². The molecule has 9 aromatic carbocycles. The summed E-state index contributed by atoms with van der Waals surface area (Å²) in [5.41, 5.74) is 14.8. The van der Waals surface area contributed by atoms with Crippen LogP contribution in [0.1, 0.15) is 0 Å². The summed E-state index contributed by atoms with van der Waals surface area (Å²) in [6, 6.07) is 80.6. The number of nitrogens with zero attached hydrogens (tertiary/aromatic N) is 4. The molecular formula is C58H38N4. The van der Waals surface area contributed by atoms with Crippen molar-refractivity contribution in [2.24, 2.45) is 0 Å². The maximum absolute atomic E-state index is 5.14. The van der Waals surface area contributed by atoms with Gasteiger partial charge in [0.2, 0.25) is 0 Å². The summed E-state index contributed by atoms with van der Waals surface area (Å²) < 4.78 is 0. The Morgan fingerprint density at radius 1 is 0.242 bits per heavy atom. The molecule has 0 aliphatic heterocycles. The Morgan fingerprint density at radius 3 is 1.23 bits per heavy atom. The van der Waals surface area contributed by atoms with E-state index in [0.29, 0.717) is 17.5 Å². The summed E-state index contributed by atoms with van der Waals surface area (Å²) in [5.74, 6) is 1.87. The molecule has 11 rings (SSSR count). The Labute approximate surface area is 360 Å². The van der Waals surface area contributed by atoms with E-state index in [2.05, 4.69) is 212 Å². The minimum absolute atomic E-state index is 0.619. The number of pyridine rings is 1. The van der Waals surface area contributed by atoms with Crippen molar-refractivity contribution < 1.29 is 0 Å². The summed E-state index contributed by atoms with van der Waals surface area (Å²) in [6.45, 7) is 0. The molecule has 4 nitrogen and oxygen atoms in total. The van der Waals surface area contributed by atoms with Crippen LogP contribution in [0.5, 0.6) is 0 Å². The Kier molecular flexibility index (Phi) is 9.49. The minimum Gasteiger partial charge on any atom is -0.248 e. The smallest absolute Gasteiger partial charge is 0.164 e. The fraction of sp³-hybridized carbons (Fsp3) is 0. The molecule has 0 spiro atoms. The predicted molar refractivity (Wildman–Crippen MR) is 256 cm³/mol. The van der Waals surface area contributed by atoms with E-state index in [1.54, 1.807) is 0 Å². The van der Waals surface area contributed by atoms with Crippen molar-refractivity contribution in [3.63, 3.8) is 0 Å².